The maximum Gasteiger partial charge on any atom is 0.347 e. The van der Waals surface area contributed by atoms with Crippen molar-refractivity contribution in [1.29, 1.82) is 0 Å². The first kappa shape index (κ1) is 9.44. The lowest BCUT2D eigenvalue weighted by Gasteiger charge is -2.02. The van der Waals surface area contributed by atoms with E-state index in [-0.39, 0.29) is 12.1 Å². The molecule has 1 rings (SSSR count). The van der Waals surface area contributed by atoms with Gasteiger partial charge in [-0.2, -0.15) is 0 Å². The van der Waals surface area contributed by atoms with E-state index in [1.165, 1.54) is 10.8 Å². The number of carbonyl (C=O) groups excluding carboxylic acids is 1. The monoisotopic (exact) mass is 181 g/mol. The molecular formula is C8H11N3O2. The highest BCUT2D eigenvalue weighted by Crippen LogP contribution is 1.91. The van der Waals surface area contributed by atoms with Gasteiger partial charge in [-0.1, -0.05) is 0 Å². The largest absolute Gasteiger partial charge is 0.370 e. The fourth-order valence-electron chi connectivity index (χ4n) is 0.956. The van der Waals surface area contributed by atoms with Crippen LogP contribution in [0.3, 0.4) is 0 Å². The SMILES string of the molecule is Cc1cnc(=O)n(CCC(N)=O)c1. The number of nitrogens with zero attached hydrogens (tertiary/aromatic N) is 2. The van der Waals surface area contributed by atoms with Crippen molar-refractivity contribution in [1.82, 2.24) is 9.55 Å². The summed E-state index contributed by atoms with van der Waals surface area (Å²) in [6, 6.07) is 0. The van der Waals surface area contributed by atoms with Crippen LogP contribution in [-0.4, -0.2) is 15.5 Å². The number of hydrogen-bond donors (Lipinski definition) is 1. The van der Waals surface area contributed by atoms with Gasteiger partial charge in [0.2, 0.25) is 5.91 Å². The number of aryl methyl sites for hydroxylation is 2. The molecule has 70 valence electrons. The van der Waals surface area contributed by atoms with Crippen molar-refractivity contribution in [3.63, 3.8) is 0 Å². The molecule has 0 radical (unpaired) electrons. The van der Waals surface area contributed by atoms with E-state index in [0.29, 0.717) is 6.54 Å². The molecule has 2 N–H and O–H groups in total. The van der Waals surface area contributed by atoms with Crippen LogP contribution in [0.5, 0.6) is 0 Å². The summed E-state index contributed by atoms with van der Waals surface area (Å²) < 4.78 is 1.38. The molecule has 1 heterocycles. The van der Waals surface area contributed by atoms with Crippen LogP contribution in [-0.2, 0) is 11.3 Å². The maximum atomic E-state index is 11.1. The van der Waals surface area contributed by atoms with Gasteiger partial charge in [-0.25, -0.2) is 9.78 Å². The van der Waals surface area contributed by atoms with Gasteiger partial charge >= 0.3 is 5.69 Å². The van der Waals surface area contributed by atoms with Gasteiger partial charge in [0.15, 0.2) is 0 Å². The van der Waals surface area contributed by atoms with Gasteiger partial charge in [-0.3, -0.25) is 9.36 Å². The molecule has 0 atom stereocenters. The molecule has 0 aliphatic rings. The predicted molar refractivity (Wildman–Crippen MR) is 47.0 cm³/mol. The molecule has 0 aliphatic heterocycles. The fourth-order valence-corrected chi connectivity index (χ4v) is 0.956. The Morgan fingerprint density at radius 3 is 3.00 bits per heavy atom. The molecule has 0 aliphatic carbocycles. The lowest BCUT2D eigenvalue weighted by Crippen LogP contribution is -2.25. The van der Waals surface area contributed by atoms with Crippen LogP contribution < -0.4 is 11.4 Å². The minimum absolute atomic E-state index is 0.158. The lowest BCUT2D eigenvalue weighted by atomic mass is 10.3. The van der Waals surface area contributed by atoms with Crippen LogP contribution in [0.15, 0.2) is 17.2 Å². The van der Waals surface area contributed by atoms with Gasteiger partial charge < -0.3 is 5.73 Å². The summed E-state index contributed by atoms with van der Waals surface area (Å²) in [5, 5.41) is 0. The predicted octanol–water partition coefficient (Wildman–Crippen LogP) is -0.573. The Hall–Kier alpha value is -1.65. The molecule has 0 saturated carbocycles. The van der Waals surface area contributed by atoms with E-state index in [9.17, 15) is 9.59 Å². The second-order valence-electron chi connectivity index (χ2n) is 2.82. The minimum Gasteiger partial charge on any atom is -0.370 e. The molecule has 1 amide bonds. The van der Waals surface area contributed by atoms with E-state index in [4.69, 9.17) is 5.73 Å². The third-order valence-electron chi connectivity index (χ3n) is 1.58. The Labute approximate surface area is 75.2 Å². The quantitative estimate of drug-likeness (QED) is 0.678. The summed E-state index contributed by atoms with van der Waals surface area (Å²) in [6.45, 7) is 2.12. The molecule has 13 heavy (non-hydrogen) atoms. The zero-order valence-corrected chi connectivity index (χ0v) is 7.36. The van der Waals surface area contributed by atoms with Crippen LogP contribution in [0.25, 0.3) is 0 Å². The molecular weight excluding hydrogens is 170 g/mol. The minimum atomic E-state index is -0.423. The standard InChI is InChI=1S/C8H11N3O2/c1-6-4-10-8(13)11(5-6)3-2-7(9)12/h4-5H,2-3H2,1H3,(H2,9,12). The Morgan fingerprint density at radius 2 is 2.38 bits per heavy atom. The smallest absolute Gasteiger partial charge is 0.347 e. The van der Waals surface area contributed by atoms with Gasteiger partial charge in [0, 0.05) is 25.4 Å². The topological polar surface area (TPSA) is 78.0 Å². The summed E-state index contributed by atoms with van der Waals surface area (Å²) in [4.78, 5) is 25.2. The number of hydrogen-bond acceptors (Lipinski definition) is 3. The number of amides is 1. The van der Waals surface area contributed by atoms with E-state index >= 15 is 0 Å². The fraction of sp³-hybridized carbons (Fsp3) is 0.375. The van der Waals surface area contributed by atoms with Crippen molar-refractivity contribution < 1.29 is 4.79 Å². The Bertz CT molecular complexity index is 370. The van der Waals surface area contributed by atoms with Crippen molar-refractivity contribution in [3.05, 3.63) is 28.4 Å². The third-order valence-corrected chi connectivity index (χ3v) is 1.58. The van der Waals surface area contributed by atoms with E-state index in [2.05, 4.69) is 4.98 Å². The molecule has 1 aromatic heterocycles. The van der Waals surface area contributed by atoms with Crippen molar-refractivity contribution >= 4 is 5.91 Å². The van der Waals surface area contributed by atoms with Gasteiger partial charge in [0.25, 0.3) is 0 Å². The summed E-state index contributed by atoms with van der Waals surface area (Å²) in [5.74, 6) is -0.423. The van der Waals surface area contributed by atoms with Crippen LogP contribution in [0.1, 0.15) is 12.0 Å². The molecule has 0 fully saturated rings. The van der Waals surface area contributed by atoms with Gasteiger partial charge in [0.05, 0.1) is 0 Å². The Balaban J connectivity index is 2.82. The average Bonchev–Trinajstić information content (AvgIpc) is 2.06. The summed E-state index contributed by atoms with van der Waals surface area (Å²) >= 11 is 0. The first-order valence-electron chi connectivity index (χ1n) is 3.91. The van der Waals surface area contributed by atoms with E-state index in [1.54, 1.807) is 6.20 Å². The third kappa shape index (κ3) is 2.70. The highest BCUT2D eigenvalue weighted by molar-refractivity contribution is 5.73. The van der Waals surface area contributed by atoms with Crippen LogP contribution in [0.2, 0.25) is 0 Å². The van der Waals surface area contributed by atoms with Crippen LogP contribution in [0.4, 0.5) is 0 Å². The average molecular weight is 181 g/mol. The van der Waals surface area contributed by atoms with Gasteiger partial charge in [0.1, 0.15) is 0 Å². The molecule has 5 heteroatoms. The highest BCUT2D eigenvalue weighted by Gasteiger charge is 1.99. The van der Waals surface area contributed by atoms with Crippen molar-refractivity contribution in [2.75, 3.05) is 0 Å². The molecule has 0 spiro atoms. The number of carbonyl (C=O) groups is 1. The molecule has 5 nitrogen and oxygen atoms in total. The summed E-state index contributed by atoms with van der Waals surface area (Å²) in [5.41, 5.74) is 5.48. The zero-order chi connectivity index (χ0) is 9.84. The number of primary amides is 1. The molecule has 0 unspecified atom stereocenters. The lowest BCUT2D eigenvalue weighted by molar-refractivity contribution is -0.118. The Morgan fingerprint density at radius 1 is 1.69 bits per heavy atom. The zero-order valence-electron chi connectivity index (χ0n) is 7.36. The second kappa shape index (κ2) is 3.84. The number of nitrogens with two attached hydrogens (primary N) is 1. The molecule has 0 saturated heterocycles. The summed E-state index contributed by atoms with van der Waals surface area (Å²) in [6.07, 6.45) is 3.30. The van der Waals surface area contributed by atoms with E-state index in [0.717, 1.165) is 5.56 Å². The molecule has 1 aromatic rings. The maximum absolute atomic E-state index is 11.1. The number of rotatable bonds is 3. The van der Waals surface area contributed by atoms with Gasteiger partial charge in [-0.15, -0.1) is 0 Å². The van der Waals surface area contributed by atoms with Gasteiger partial charge in [-0.05, 0) is 12.5 Å². The number of aromatic nitrogens is 2. The van der Waals surface area contributed by atoms with Crippen molar-refractivity contribution in [2.45, 2.75) is 19.9 Å². The normalized spacial score (nSPS) is 9.92. The van der Waals surface area contributed by atoms with Crippen LogP contribution in [0, 0.1) is 6.92 Å². The summed E-state index contributed by atoms with van der Waals surface area (Å²) in [7, 11) is 0. The van der Waals surface area contributed by atoms with E-state index in [1.807, 2.05) is 6.92 Å². The first-order valence-corrected chi connectivity index (χ1v) is 3.91. The highest BCUT2D eigenvalue weighted by atomic mass is 16.1. The first-order chi connectivity index (χ1) is 6.09. The van der Waals surface area contributed by atoms with E-state index < -0.39 is 5.91 Å². The molecule has 0 aromatic carbocycles. The molecule has 0 bridgehead atoms. The second-order valence-corrected chi connectivity index (χ2v) is 2.82. The van der Waals surface area contributed by atoms with Crippen molar-refractivity contribution in [3.8, 4) is 0 Å². The Kier molecular flexibility index (Phi) is 2.79. The van der Waals surface area contributed by atoms with Crippen molar-refractivity contribution in [2.24, 2.45) is 5.73 Å². The van der Waals surface area contributed by atoms with Crippen LogP contribution >= 0.6 is 0 Å².